The maximum atomic E-state index is 16.9. The van der Waals surface area contributed by atoms with Crippen LogP contribution in [0.2, 0.25) is 0 Å². The summed E-state index contributed by atoms with van der Waals surface area (Å²) in [5.41, 5.74) is 6.67. The zero-order valence-corrected chi connectivity index (χ0v) is 26.5. The Balaban J connectivity index is 1.48. The molecule has 0 atom stereocenters. The van der Waals surface area contributed by atoms with Crippen molar-refractivity contribution in [2.45, 2.75) is 13.8 Å². The van der Waals surface area contributed by atoms with Gasteiger partial charge in [0.1, 0.15) is 21.4 Å². The molecule has 5 nitrogen and oxygen atoms in total. The summed E-state index contributed by atoms with van der Waals surface area (Å²) < 4.78 is 43.6. The molecule has 3 aliphatic rings. The third kappa shape index (κ3) is 3.88. The van der Waals surface area contributed by atoms with Gasteiger partial charge in [0.25, 0.3) is 0 Å². The molecule has 2 aromatic carbocycles. The summed E-state index contributed by atoms with van der Waals surface area (Å²) >= 11 is 3.67. The maximum Gasteiger partial charge on any atom is 0.738 e. The second kappa shape index (κ2) is 9.68. The van der Waals surface area contributed by atoms with Crippen molar-refractivity contribution in [1.82, 2.24) is 14.4 Å². The predicted molar refractivity (Wildman–Crippen MR) is 180 cm³/mol. The van der Waals surface area contributed by atoms with Gasteiger partial charge in [-0.3, -0.25) is 0 Å². The number of aromatic amines is 2. The number of nitrogens with one attached hydrogen (secondary N) is 2. The summed E-state index contributed by atoms with van der Waals surface area (Å²) in [4.78, 5) is 6.96. The van der Waals surface area contributed by atoms with Gasteiger partial charge >= 0.3 is 6.97 Å². The Morgan fingerprint density at radius 1 is 0.630 bits per heavy atom. The summed E-state index contributed by atoms with van der Waals surface area (Å²) in [6.07, 6.45) is 3.50. The van der Waals surface area contributed by atoms with E-state index < -0.39 is 6.97 Å². The number of aromatic nitrogens is 3. The van der Waals surface area contributed by atoms with Crippen molar-refractivity contribution in [2.75, 3.05) is 0 Å². The van der Waals surface area contributed by atoms with E-state index in [1.807, 2.05) is 50.2 Å². The summed E-state index contributed by atoms with van der Waals surface area (Å²) in [6, 6.07) is 31.6. The quantitative estimate of drug-likeness (QED) is 0.250. The molecule has 0 radical (unpaired) electrons. The Labute approximate surface area is 270 Å². The van der Waals surface area contributed by atoms with E-state index in [1.165, 1.54) is 0 Å². The number of rotatable bonds is 2. The van der Waals surface area contributed by atoms with Crippen LogP contribution in [0.15, 0.2) is 114 Å². The number of H-pyrrole nitrogens is 2. The number of benzene rings is 2. The third-order valence-electron chi connectivity index (χ3n) is 9.15. The SMILES string of the molecule is Cc1ccc(C2=c3ccc([nH]3)=C3C=CC4=[N+]3[B-](F)(F)n3c(ccc3=c3ccc([nH]3)=C(c3ccc(C)cc3)c3ccc2o3)=C4Br)cc1. The van der Waals surface area contributed by atoms with Crippen LogP contribution in [0.5, 0.6) is 0 Å². The first-order valence-corrected chi connectivity index (χ1v) is 15.9. The first-order valence-electron chi connectivity index (χ1n) is 15.1. The monoisotopic (exact) mass is 670 g/mol. The van der Waals surface area contributed by atoms with E-state index in [-0.39, 0.29) is 0 Å². The van der Waals surface area contributed by atoms with E-state index in [4.69, 9.17) is 4.42 Å². The molecule has 2 N–H and O–H groups in total. The van der Waals surface area contributed by atoms with Gasteiger partial charge in [-0.25, -0.2) is 0 Å². The van der Waals surface area contributed by atoms with Crippen LogP contribution in [0.3, 0.4) is 0 Å². The summed E-state index contributed by atoms with van der Waals surface area (Å²) in [6.45, 7) is -0.175. The minimum Gasteiger partial charge on any atom is -0.456 e. The summed E-state index contributed by atoms with van der Waals surface area (Å²) in [7, 11) is 0. The highest BCUT2D eigenvalue weighted by Crippen LogP contribution is 2.31. The molecule has 46 heavy (non-hydrogen) atoms. The average Bonchev–Trinajstić information content (AvgIpc) is 3.87. The third-order valence-corrected chi connectivity index (χ3v) is 9.96. The minimum absolute atomic E-state index is 0.395. The van der Waals surface area contributed by atoms with Crippen molar-refractivity contribution in [2.24, 2.45) is 0 Å². The zero-order chi connectivity index (χ0) is 31.3. The van der Waals surface area contributed by atoms with E-state index >= 15 is 8.63 Å². The molecule has 3 aliphatic heterocycles. The van der Waals surface area contributed by atoms with Gasteiger partial charge in [0.2, 0.25) is 0 Å². The molecule has 7 heterocycles. The molecule has 0 spiro atoms. The predicted octanol–water partition coefficient (Wildman–Crippen LogP) is 5.02. The van der Waals surface area contributed by atoms with Gasteiger partial charge in [-0.15, -0.1) is 0 Å². The number of halogens is 3. The Morgan fingerprint density at radius 2 is 1.15 bits per heavy atom. The summed E-state index contributed by atoms with van der Waals surface area (Å²) in [5, 5.41) is 3.51. The first-order chi connectivity index (χ1) is 22.3. The van der Waals surface area contributed by atoms with E-state index in [0.29, 0.717) is 48.8 Å². The molecule has 4 aromatic heterocycles. The van der Waals surface area contributed by atoms with Crippen LogP contribution in [-0.4, -0.2) is 31.6 Å². The molecular formula is C37H26BBrF2N4O. The van der Waals surface area contributed by atoms with Gasteiger partial charge in [0, 0.05) is 34.0 Å². The van der Waals surface area contributed by atoms with Crippen molar-refractivity contribution in [1.29, 1.82) is 0 Å². The lowest BCUT2D eigenvalue weighted by Crippen LogP contribution is -2.56. The Hall–Kier alpha value is -5.15. The van der Waals surface area contributed by atoms with Crippen molar-refractivity contribution in [3.8, 4) is 0 Å². The topological polar surface area (TPSA) is 52.7 Å². The van der Waals surface area contributed by atoms with Crippen LogP contribution in [-0.2, 0) is 0 Å². The van der Waals surface area contributed by atoms with Gasteiger partial charge in [-0.1, -0.05) is 59.7 Å². The highest BCUT2D eigenvalue weighted by atomic mass is 79.9. The Bertz CT molecular complexity index is 2690. The van der Waals surface area contributed by atoms with E-state index in [1.54, 1.807) is 24.3 Å². The number of nitrogens with zero attached hydrogens (tertiary/aromatic N) is 2. The van der Waals surface area contributed by atoms with Crippen LogP contribution in [0.25, 0.3) is 21.3 Å². The fourth-order valence-corrected chi connectivity index (χ4v) is 7.54. The standard InChI is InChI=1S/C37H26BBrF2N4O/c1-21-3-7-23(8-4-21)35-27-13-11-25(42-27)29-15-17-31-37(39)32-18-16-30(45(32)38(40,41)44(29)31)26-12-14-28(43-26)36(34-20-19-33(35)46-34)24-9-5-22(2)6-10-24/h3-20,42-43H,1-2H3. The molecule has 9 heteroatoms. The van der Waals surface area contributed by atoms with Gasteiger partial charge in [0.05, 0.1) is 16.0 Å². The summed E-state index contributed by atoms with van der Waals surface area (Å²) in [5.74, 6) is 1.33. The van der Waals surface area contributed by atoms with Crippen molar-refractivity contribution < 1.29 is 17.5 Å². The molecule has 9 rings (SSSR count). The van der Waals surface area contributed by atoms with Crippen molar-refractivity contribution in [3.63, 3.8) is 0 Å². The highest BCUT2D eigenvalue weighted by Gasteiger charge is 2.52. The van der Waals surface area contributed by atoms with E-state index in [0.717, 1.165) is 53.1 Å². The van der Waals surface area contributed by atoms with Gasteiger partial charge < -0.3 is 32.0 Å². The lowest BCUT2D eigenvalue weighted by Gasteiger charge is -2.27. The fraction of sp³-hybridized carbons (Fsp3) is 0.0541. The van der Waals surface area contributed by atoms with Crippen LogP contribution in [0.1, 0.15) is 33.8 Å². The largest absolute Gasteiger partial charge is 0.738 e. The molecule has 0 amide bonds. The van der Waals surface area contributed by atoms with Gasteiger partial charge in [0.15, 0.2) is 11.4 Å². The lowest BCUT2D eigenvalue weighted by molar-refractivity contribution is -0.317. The Kier molecular flexibility index (Phi) is 5.72. The average molecular weight is 671 g/mol. The number of allylic oxidation sites excluding steroid dienone is 1. The number of hydrogen-bond acceptors (Lipinski definition) is 1. The molecule has 0 fully saturated rings. The molecule has 0 aliphatic carbocycles. The van der Waals surface area contributed by atoms with Crippen LogP contribution >= 0.6 is 15.9 Å². The zero-order valence-electron chi connectivity index (χ0n) is 24.9. The fourth-order valence-electron chi connectivity index (χ4n) is 6.90. The highest BCUT2D eigenvalue weighted by molar-refractivity contribution is 9.15. The number of hydrogen-bond donors (Lipinski definition) is 2. The van der Waals surface area contributed by atoms with Crippen molar-refractivity contribution >= 4 is 49.9 Å². The second-order valence-electron chi connectivity index (χ2n) is 12.1. The molecular weight excluding hydrogens is 645 g/mol. The number of furan rings is 1. The van der Waals surface area contributed by atoms with E-state index in [9.17, 15) is 0 Å². The Morgan fingerprint density at radius 3 is 1.76 bits per heavy atom. The normalized spacial score (nSPS) is 16.2. The number of fused-ring (bicyclic) bond motifs is 6. The molecule has 224 valence electrons. The van der Waals surface area contributed by atoms with E-state index in [2.05, 4.69) is 74.4 Å². The molecule has 6 aromatic rings. The van der Waals surface area contributed by atoms with Gasteiger partial charge in [-0.05, 0) is 89.4 Å². The van der Waals surface area contributed by atoms with Gasteiger partial charge in [-0.2, -0.15) is 0 Å². The van der Waals surface area contributed by atoms with Crippen LogP contribution < -0.4 is 21.4 Å². The lowest BCUT2D eigenvalue weighted by atomic mass is 9.92. The maximum absolute atomic E-state index is 16.9. The van der Waals surface area contributed by atoms with Crippen LogP contribution in [0.4, 0.5) is 8.63 Å². The molecule has 0 saturated heterocycles. The molecule has 8 bridgehead atoms. The van der Waals surface area contributed by atoms with Crippen LogP contribution in [0, 0.1) is 24.5 Å². The van der Waals surface area contributed by atoms with Crippen molar-refractivity contribution in [3.05, 3.63) is 175 Å². The minimum atomic E-state index is -4.27. The molecule has 0 saturated carbocycles. The molecule has 0 unspecified atom stereocenters. The first kappa shape index (κ1) is 27.2. The smallest absolute Gasteiger partial charge is 0.456 e. The second-order valence-corrected chi connectivity index (χ2v) is 12.9. The number of aryl methyl sites for hydroxylation is 2.